The number of H-pyrrole nitrogens is 1. The monoisotopic (exact) mass is 285 g/mol. The summed E-state index contributed by atoms with van der Waals surface area (Å²) in [5.41, 5.74) is 2.55. The van der Waals surface area contributed by atoms with Crippen molar-refractivity contribution in [3.63, 3.8) is 0 Å². The third kappa shape index (κ3) is 3.42. The van der Waals surface area contributed by atoms with Crippen LogP contribution < -0.4 is 10.2 Å². The standard InChI is InChI=1S/C16H23N5/c1-12-4-3-5-13(10-12)11-15-18-16(20-19-15)21-8-6-14(17-2)7-9-21/h3-5,10,14,17H,6-9,11H2,1-2H3,(H,18,19,20). The Morgan fingerprint density at radius 3 is 2.86 bits per heavy atom. The highest BCUT2D eigenvalue weighted by atomic mass is 15.4. The molecule has 0 atom stereocenters. The lowest BCUT2D eigenvalue weighted by atomic mass is 10.1. The van der Waals surface area contributed by atoms with Crippen LogP contribution in [0.15, 0.2) is 24.3 Å². The maximum Gasteiger partial charge on any atom is 0.244 e. The molecule has 0 saturated carbocycles. The van der Waals surface area contributed by atoms with Gasteiger partial charge in [0.15, 0.2) is 0 Å². The lowest BCUT2D eigenvalue weighted by Crippen LogP contribution is -2.41. The number of benzene rings is 1. The van der Waals surface area contributed by atoms with Gasteiger partial charge in [0.1, 0.15) is 5.82 Å². The molecule has 1 aliphatic heterocycles. The topological polar surface area (TPSA) is 56.8 Å². The van der Waals surface area contributed by atoms with Crippen LogP contribution in [0.2, 0.25) is 0 Å². The lowest BCUT2D eigenvalue weighted by Gasteiger charge is -2.30. The van der Waals surface area contributed by atoms with Crippen LogP contribution in [0.1, 0.15) is 29.8 Å². The number of aryl methyl sites for hydroxylation is 1. The molecule has 1 saturated heterocycles. The van der Waals surface area contributed by atoms with Gasteiger partial charge in [-0.05, 0) is 32.4 Å². The van der Waals surface area contributed by atoms with Crippen LogP contribution in [-0.2, 0) is 6.42 Å². The van der Waals surface area contributed by atoms with Gasteiger partial charge in [-0.15, -0.1) is 5.10 Å². The molecule has 0 bridgehead atoms. The van der Waals surface area contributed by atoms with Gasteiger partial charge in [0.05, 0.1) is 0 Å². The first-order chi connectivity index (χ1) is 10.2. The summed E-state index contributed by atoms with van der Waals surface area (Å²) in [6, 6.07) is 9.16. The van der Waals surface area contributed by atoms with Crippen molar-refractivity contribution in [2.24, 2.45) is 0 Å². The molecule has 1 aromatic heterocycles. The van der Waals surface area contributed by atoms with Crippen LogP contribution in [0.3, 0.4) is 0 Å². The molecule has 1 aliphatic rings. The van der Waals surface area contributed by atoms with Gasteiger partial charge in [0, 0.05) is 25.6 Å². The van der Waals surface area contributed by atoms with E-state index in [-0.39, 0.29) is 0 Å². The minimum absolute atomic E-state index is 0.631. The molecule has 0 unspecified atom stereocenters. The van der Waals surface area contributed by atoms with Gasteiger partial charge in [-0.1, -0.05) is 29.8 Å². The molecule has 21 heavy (non-hydrogen) atoms. The summed E-state index contributed by atoms with van der Waals surface area (Å²) < 4.78 is 0. The van der Waals surface area contributed by atoms with Gasteiger partial charge in [-0.2, -0.15) is 4.98 Å². The zero-order valence-electron chi connectivity index (χ0n) is 12.8. The minimum Gasteiger partial charge on any atom is -0.339 e. The van der Waals surface area contributed by atoms with E-state index in [0.29, 0.717) is 6.04 Å². The molecule has 0 aliphatic carbocycles. The molecule has 0 amide bonds. The molecule has 2 heterocycles. The summed E-state index contributed by atoms with van der Waals surface area (Å²) in [4.78, 5) is 6.92. The Kier molecular flexibility index (Phi) is 4.20. The van der Waals surface area contributed by atoms with E-state index in [1.54, 1.807) is 0 Å². The van der Waals surface area contributed by atoms with Gasteiger partial charge in [0.25, 0.3) is 0 Å². The Hall–Kier alpha value is -1.88. The first-order valence-corrected chi connectivity index (χ1v) is 7.63. The van der Waals surface area contributed by atoms with Crippen molar-refractivity contribution in [1.82, 2.24) is 20.5 Å². The molecule has 0 spiro atoms. The molecule has 0 radical (unpaired) electrons. The number of piperidine rings is 1. The number of nitrogens with one attached hydrogen (secondary N) is 2. The maximum absolute atomic E-state index is 4.65. The highest BCUT2D eigenvalue weighted by Gasteiger charge is 2.20. The fraction of sp³-hybridized carbons (Fsp3) is 0.500. The zero-order valence-corrected chi connectivity index (χ0v) is 12.8. The average molecular weight is 285 g/mol. The lowest BCUT2D eigenvalue weighted by molar-refractivity contribution is 0.439. The van der Waals surface area contributed by atoms with Crippen LogP contribution in [-0.4, -0.2) is 41.4 Å². The average Bonchev–Trinajstić information content (AvgIpc) is 2.96. The number of nitrogens with zero attached hydrogens (tertiary/aromatic N) is 3. The summed E-state index contributed by atoms with van der Waals surface area (Å²) in [7, 11) is 2.03. The molecule has 112 valence electrons. The van der Waals surface area contributed by atoms with E-state index in [9.17, 15) is 0 Å². The zero-order chi connectivity index (χ0) is 14.7. The van der Waals surface area contributed by atoms with E-state index < -0.39 is 0 Å². The molecule has 1 fully saturated rings. The Bertz CT molecular complexity index is 584. The van der Waals surface area contributed by atoms with Crippen molar-refractivity contribution in [3.05, 3.63) is 41.2 Å². The van der Waals surface area contributed by atoms with Crippen molar-refractivity contribution in [2.75, 3.05) is 25.0 Å². The number of aromatic amines is 1. The summed E-state index contributed by atoms with van der Waals surface area (Å²) >= 11 is 0. The third-order valence-electron chi connectivity index (χ3n) is 4.16. The van der Waals surface area contributed by atoms with E-state index in [1.165, 1.54) is 11.1 Å². The number of aromatic nitrogens is 3. The summed E-state index contributed by atoms with van der Waals surface area (Å²) in [5, 5.41) is 10.8. The van der Waals surface area contributed by atoms with Crippen molar-refractivity contribution < 1.29 is 0 Å². The fourth-order valence-electron chi connectivity index (χ4n) is 2.89. The third-order valence-corrected chi connectivity index (χ3v) is 4.16. The molecule has 3 rings (SSSR count). The van der Waals surface area contributed by atoms with E-state index in [0.717, 1.165) is 44.1 Å². The Balaban J connectivity index is 1.64. The van der Waals surface area contributed by atoms with E-state index in [2.05, 4.69) is 56.6 Å². The molecule has 2 aromatic rings. The van der Waals surface area contributed by atoms with Crippen molar-refractivity contribution in [2.45, 2.75) is 32.2 Å². The second-order valence-electron chi connectivity index (χ2n) is 5.80. The molecular weight excluding hydrogens is 262 g/mol. The Labute approximate surface area is 125 Å². The number of hydrogen-bond acceptors (Lipinski definition) is 4. The van der Waals surface area contributed by atoms with E-state index in [1.807, 2.05) is 7.05 Å². The molecule has 2 N–H and O–H groups in total. The van der Waals surface area contributed by atoms with Crippen molar-refractivity contribution in [3.8, 4) is 0 Å². The fourth-order valence-corrected chi connectivity index (χ4v) is 2.89. The largest absolute Gasteiger partial charge is 0.339 e. The smallest absolute Gasteiger partial charge is 0.244 e. The number of hydrogen-bond donors (Lipinski definition) is 2. The molecule has 5 nitrogen and oxygen atoms in total. The first-order valence-electron chi connectivity index (χ1n) is 7.63. The SMILES string of the molecule is CNC1CCN(c2n[nH]c(Cc3cccc(C)c3)n2)CC1. The predicted octanol–water partition coefficient (Wildman–Crippen LogP) is 1.89. The van der Waals surface area contributed by atoms with Gasteiger partial charge < -0.3 is 10.2 Å². The van der Waals surface area contributed by atoms with Gasteiger partial charge in [0.2, 0.25) is 5.95 Å². The summed E-state index contributed by atoms with van der Waals surface area (Å²) in [6.07, 6.45) is 3.11. The highest BCUT2D eigenvalue weighted by Crippen LogP contribution is 2.17. The van der Waals surface area contributed by atoms with Gasteiger partial charge >= 0.3 is 0 Å². The quantitative estimate of drug-likeness (QED) is 0.901. The molecule has 5 heteroatoms. The van der Waals surface area contributed by atoms with Crippen molar-refractivity contribution in [1.29, 1.82) is 0 Å². The van der Waals surface area contributed by atoms with Crippen LogP contribution in [0.4, 0.5) is 5.95 Å². The summed E-state index contributed by atoms with van der Waals surface area (Å²) in [5.74, 6) is 1.78. The van der Waals surface area contributed by atoms with Crippen LogP contribution >= 0.6 is 0 Å². The molecular formula is C16H23N5. The van der Waals surface area contributed by atoms with E-state index >= 15 is 0 Å². The maximum atomic E-state index is 4.65. The molecule has 1 aromatic carbocycles. The van der Waals surface area contributed by atoms with Crippen LogP contribution in [0.25, 0.3) is 0 Å². The first kappa shape index (κ1) is 14.1. The highest BCUT2D eigenvalue weighted by molar-refractivity contribution is 5.31. The normalized spacial score (nSPS) is 16.4. The predicted molar refractivity (Wildman–Crippen MR) is 84.7 cm³/mol. The Morgan fingerprint density at radius 2 is 2.14 bits per heavy atom. The van der Waals surface area contributed by atoms with Crippen LogP contribution in [0.5, 0.6) is 0 Å². The van der Waals surface area contributed by atoms with Gasteiger partial charge in [-0.3, -0.25) is 5.10 Å². The summed E-state index contributed by atoms with van der Waals surface area (Å²) in [6.45, 7) is 4.15. The second-order valence-corrected chi connectivity index (χ2v) is 5.80. The minimum atomic E-state index is 0.631. The Morgan fingerprint density at radius 1 is 1.33 bits per heavy atom. The second kappa shape index (κ2) is 6.26. The van der Waals surface area contributed by atoms with E-state index in [4.69, 9.17) is 0 Å². The van der Waals surface area contributed by atoms with Crippen LogP contribution in [0, 0.1) is 6.92 Å². The number of rotatable bonds is 4. The van der Waals surface area contributed by atoms with Crippen molar-refractivity contribution >= 4 is 5.95 Å². The number of anilines is 1. The van der Waals surface area contributed by atoms with Gasteiger partial charge in [-0.25, -0.2) is 0 Å².